The van der Waals surface area contributed by atoms with Gasteiger partial charge in [0.2, 0.25) is 5.91 Å². The lowest BCUT2D eigenvalue weighted by Crippen LogP contribution is -2.45. The lowest BCUT2D eigenvalue weighted by Gasteiger charge is -2.26. The molecule has 2 fully saturated rings. The molecule has 1 N–H and O–H groups in total. The van der Waals surface area contributed by atoms with Gasteiger partial charge in [0.1, 0.15) is 11.4 Å². The largest absolute Gasteiger partial charge is 0.379 e. The fourth-order valence-electron chi connectivity index (χ4n) is 5.65. The summed E-state index contributed by atoms with van der Waals surface area (Å²) in [5, 5.41) is 2.96. The van der Waals surface area contributed by atoms with E-state index in [1.165, 1.54) is 5.57 Å². The summed E-state index contributed by atoms with van der Waals surface area (Å²) < 4.78 is 10.8. The molecule has 4 unspecified atom stereocenters. The maximum absolute atomic E-state index is 13.7. The summed E-state index contributed by atoms with van der Waals surface area (Å²) >= 11 is 0. The van der Waals surface area contributed by atoms with Crippen molar-refractivity contribution in [3.63, 3.8) is 0 Å². The highest BCUT2D eigenvalue weighted by atomic mass is 16.6. The normalized spacial score (nSPS) is 23.1. The van der Waals surface area contributed by atoms with Crippen molar-refractivity contribution in [1.29, 1.82) is 0 Å². The predicted molar refractivity (Wildman–Crippen MR) is 152 cm³/mol. The summed E-state index contributed by atoms with van der Waals surface area (Å²) in [5.41, 5.74) is 1.50. The zero-order chi connectivity index (χ0) is 28.5. The second-order valence-corrected chi connectivity index (χ2v) is 11.8. The molecular weight excluding hydrogens is 508 g/mol. The quantitative estimate of drug-likeness (QED) is 0.247. The number of nitrogens with one attached hydrogen (secondary N) is 1. The first-order valence-corrected chi connectivity index (χ1v) is 14.8. The van der Waals surface area contributed by atoms with Crippen LogP contribution in [-0.2, 0) is 35.1 Å². The number of aryl methyl sites for hydroxylation is 1. The molecule has 0 bridgehead atoms. The molecule has 0 spiro atoms. The van der Waals surface area contributed by atoms with Gasteiger partial charge in [-0.15, -0.1) is 0 Å². The Kier molecular flexibility index (Phi) is 10.8. The molecule has 0 saturated carbocycles. The third-order valence-corrected chi connectivity index (χ3v) is 8.32. The van der Waals surface area contributed by atoms with Crippen LogP contribution in [-0.4, -0.2) is 79.3 Å². The number of morpholine rings is 1. The fraction of sp³-hybridized carbons (Fsp3) is 0.625. The van der Waals surface area contributed by atoms with Crippen molar-refractivity contribution in [2.45, 2.75) is 76.9 Å². The number of ether oxygens (including phenoxy) is 2. The second-order valence-electron chi connectivity index (χ2n) is 11.8. The van der Waals surface area contributed by atoms with Crippen LogP contribution in [0.3, 0.4) is 0 Å². The van der Waals surface area contributed by atoms with Crippen LogP contribution < -0.4 is 5.32 Å². The van der Waals surface area contributed by atoms with Gasteiger partial charge < -0.3 is 14.8 Å². The van der Waals surface area contributed by atoms with Crippen molar-refractivity contribution in [3.8, 4) is 0 Å². The molecular formula is C32H44N2O6. The maximum Gasteiger partial charge on any atom is 0.223 e. The standard InChI is InChI=1S/C32H44N2O6/c1-23(18-27(35)21-34-14-16-39-17-15-34)31(38)33-28(13-12-24-8-4-3-5-9-24)29(36)20-26(19-25-10-6-7-11-25)30(37)32(2)22-40-32/h3-5,8-10,23,26,28H,6-7,11-22H2,1-2H3,(H,33,38). The maximum atomic E-state index is 13.7. The van der Waals surface area contributed by atoms with Crippen LogP contribution in [0.2, 0.25) is 0 Å². The number of allylic oxidation sites excluding steroid dienone is 2. The Labute approximate surface area is 237 Å². The van der Waals surface area contributed by atoms with Gasteiger partial charge in [-0.1, -0.05) is 48.9 Å². The highest BCUT2D eigenvalue weighted by molar-refractivity contribution is 5.97. The van der Waals surface area contributed by atoms with Crippen molar-refractivity contribution in [2.75, 3.05) is 39.5 Å². The van der Waals surface area contributed by atoms with Gasteiger partial charge in [0, 0.05) is 37.8 Å². The van der Waals surface area contributed by atoms with Gasteiger partial charge in [-0.25, -0.2) is 0 Å². The zero-order valence-corrected chi connectivity index (χ0v) is 24.0. The van der Waals surface area contributed by atoms with Gasteiger partial charge in [-0.3, -0.25) is 24.1 Å². The number of amides is 1. The SMILES string of the molecule is CC(CC(=O)CN1CCOCC1)C(=O)NC(CCc1ccccc1)C(=O)CC(CC1=CCCC1)C(=O)C1(C)CO1. The predicted octanol–water partition coefficient (Wildman–Crippen LogP) is 3.47. The number of benzene rings is 1. The molecule has 8 heteroatoms. The van der Waals surface area contributed by atoms with E-state index in [0.717, 1.165) is 24.8 Å². The summed E-state index contributed by atoms with van der Waals surface area (Å²) in [6.45, 7) is 6.86. The number of Topliss-reactive ketones (excluding diaryl/α,β-unsaturated/α-hetero) is 3. The van der Waals surface area contributed by atoms with Crippen molar-refractivity contribution in [2.24, 2.45) is 11.8 Å². The third kappa shape index (κ3) is 8.91. The molecule has 1 aromatic rings. The van der Waals surface area contributed by atoms with E-state index >= 15 is 0 Å². The minimum absolute atomic E-state index is 0.00453. The van der Waals surface area contributed by atoms with Crippen LogP contribution in [0, 0.1) is 11.8 Å². The van der Waals surface area contributed by atoms with Crippen molar-refractivity contribution < 1.29 is 28.7 Å². The van der Waals surface area contributed by atoms with E-state index in [1.54, 1.807) is 13.8 Å². The topological polar surface area (TPSA) is 105 Å². The van der Waals surface area contributed by atoms with Gasteiger partial charge >= 0.3 is 0 Å². The molecule has 0 aromatic heterocycles. The van der Waals surface area contributed by atoms with Crippen LogP contribution in [0.15, 0.2) is 42.0 Å². The molecule has 0 radical (unpaired) electrons. The number of epoxide rings is 1. The number of carbonyl (C=O) groups excluding carboxylic acids is 4. The Morgan fingerprint density at radius 1 is 1.07 bits per heavy atom. The van der Waals surface area contributed by atoms with Gasteiger partial charge in [0.05, 0.1) is 32.4 Å². The van der Waals surface area contributed by atoms with Gasteiger partial charge in [-0.05, 0) is 51.0 Å². The first-order valence-electron chi connectivity index (χ1n) is 14.8. The highest BCUT2D eigenvalue weighted by Crippen LogP contribution is 2.35. The molecule has 4 rings (SSSR count). The summed E-state index contributed by atoms with van der Waals surface area (Å²) in [7, 11) is 0. The molecule has 1 aliphatic carbocycles. The lowest BCUT2D eigenvalue weighted by molar-refractivity contribution is -0.134. The molecule has 1 aromatic carbocycles. The van der Waals surface area contributed by atoms with E-state index in [2.05, 4.69) is 11.4 Å². The molecule has 3 aliphatic rings. The van der Waals surface area contributed by atoms with E-state index in [4.69, 9.17) is 9.47 Å². The molecule has 8 nitrogen and oxygen atoms in total. The Morgan fingerprint density at radius 3 is 2.45 bits per heavy atom. The molecule has 2 heterocycles. The lowest BCUT2D eigenvalue weighted by atomic mass is 9.83. The summed E-state index contributed by atoms with van der Waals surface area (Å²) in [4.78, 5) is 55.0. The minimum atomic E-state index is -0.803. The van der Waals surface area contributed by atoms with E-state index in [-0.39, 0.29) is 36.1 Å². The van der Waals surface area contributed by atoms with Crippen LogP contribution >= 0.6 is 0 Å². The van der Waals surface area contributed by atoms with E-state index in [0.29, 0.717) is 58.7 Å². The summed E-state index contributed by atoms with van der Waals surface area (Å²) in [6, 6.07) is 9.12. The smallest absolute Gasteiger partial charge is 0.223 e. The van der Waals surface area contributed by atoms with Crippen LogP contribution in [0.4, 0.5) is 0 Å². The number of rotatable bonds is 16. The Hall–Kier alpha value is -2.68. The minimum Gasteiger partial charge on any atom is -0.379 e. The van der Waals surface area contributed by atoms with Crippen molar-refractivity contribution in [1.82, 2.24) is 10.2 Å². The fourth-order valence-corrected chi connectivity index (χ4v) is 5.65. The van der Waals surface area contributed by atoms with E-state index < -0.39 is 23.5 Å². The van der Waals surface area contributed by atoms with Gasteiger partial charge in [0.25, 0.3) is 0 Å². The number of ketones is 3. The van der Waals surface area contributed by atoms with Crippen LogP contribution in [0.25, 0.3) is 0 Å². The Bertz CT molecular complexity index is 1070. The number of hydrogen-bond acceptors (Lipinski definition) is 7. The second kappa shape index (κ2) is 14.3. The summed E-state index contributed by atoms with van der Waals surface area (Å²) in [6.07, 6.45) is 7.03. The average molecular weight is 553 g/mol. The van der Waals surface area contributed by atoms with Crippen LogP contribution in [0.5, 0.6) is 0 Å². The Balaban J connectivity index is 1.40. The number of hydrogen-bond donors (Lipinski definition) is 1. The monoisotopic (exact) mass is 552 g/mol. The number of carbonyl (C=O) groups is 4. The molecule has 218 valence electrons. The molecule has 4 atom stereocenters. The summed E-state index contributed by atoms with van der Waals surface area (Å²) in [5.74, 6) is -1.49. The first-order chi connectivity index (χ1) is 19.2. The van der Waals surface area contributed by atoms with E-state index in [9.17, 15) is 19.2 Å². The zero-order valence-electron chi connectivity index (χ0n) is 24.0. The third-order valence-electron chi connectivity index (χ3n) is 8.32. The molecule has 2 saturated heterocycles. The van der Waals surface area contributed by atoms with Crippen molar-refractivity contribution in [3.05, 3.63) is 47.5 Å². The molecule has 2 aliphatic heterocycles. The molecule has 40 heavy (non-hydrogen) atoms. The van der Waals surface area contributed by atoms with Gasteiger partial charge in [0.15, 0.2) is 11.6 Å². The Morgan fingerprint density at radius 2 is 1.80 bits per heavy atom. The van der Waals surface area contributed by atoms with Crippen LogP contribution in [0.1, 0.15) is 64.4 Å². The van der Waals surface area contributed by atoms with Gasteiger partial charge in [-0.2, -0.15) is 0 Å². The molecule has 1 amide bonds. The highest BCUT2D eigenvalue weighted by Gasteiger charge is 2.50. The number of nitrogens with zero attached hydrogens (tertiary/aromatic N) is 1. The first kappa shape index (κ1) is 30.3. The van der Waals surface area contributed by atoms with E-state index in [1.807, 2.05) is 35.2 Å². The van der Waals surface area contributed by atoms with Crippen molar-refractivity contribution >= 4 is 23.3 Å². The average Bonchev–Trinajstić information content (AvgIpc) is 3.49.